The Morgan fingerprint density at radius 1 is 1.08 bits per heavy atom. The number of alkyl halides is 7. The fraction of sp³-hybridized carbons (Fsp3) is 0.538. The van der Waals surface area contributed by atoms with Gasteiger partial charge in [-0.2, -0.15) is 31.4 Å². The Labute approximate surface area is 143 Å². The van der Waals surface area contributed by atoms with Crippen LogP contribution in [-0.2, 0) is 12.4 Å². The van der Waals surface area contributed by atoms with Crippen molar-refractivity contribution in [1.29, 1.82) is 0 Å². The average molecular weight is 394 g/mol. The highest BCUT2D eigenvalue weighted by molar-refractivity contribution is 7.12. The molecule has 0 aliphatic carbocycles. The molecule has 0 aliphatic heterocycles. The zero-order valence-electron chi connectivity index (χ0n) is 12.5. The van der Waals surface area contributed by atoms with Crippen LogP contribution in [-0.4, -0.2) is 20.6 Å². The van der Waals surface area contributed by atoms with Gasteiger partial charge in [0.1, 0.15) is 0 Å². The maximum absolute atomic E-state index is 12.2. The summed E-state index contributed by atoms with van der Waals surface area (Å²) in [6.07, 6.45) is -4.64. The van der Waals surface area contributed by atoms with Gasteiger partial charge in [0, 0.05) is 17.5 Å². The van der Waals surface area contributed by atoms with Gasteiger partial charge in [-0.1, -0.05) is 19.8 Å². The summed E-state index contributed by atoms with van der Waals surface area (Å²) in [4.78, 5) is 3.17. The Hall–Kier alpha value is -1.29. The van der Waals surface area contributed by atoms with E-state index in [2.05, 4.69) is 17.0 Å². The Kier molecular flexibility index (Phi) is 7.53. The van der Waals surface area contributed by atoms with Crippen LogP contribution in [0.1, 0.15) is 37.6 Å². The first-order chi connectivity index (χ1) is 11.1. The fourth-order valence-corrected chi connectivity index (χ4v) is 2.38. The van der Waals surface area contributed by atoms with Gasteiger partial charge < -0.3 is 0 Å². The summed E-state index contributed by atoms with van der Waals surface area (Å²) in [6, 6.07) is 0.661. The molecule has 2 heterocycles. The summed E-state index contributed by atoms with van der Waals surface area (Å²) < 4.78 is 74.1. The molecular weight excluding hydrogens is 380 g/mol. The quantitative estimate of drug-likeness (QED) is 0.374. The van der Waals surface area contributed by atoms with Crippen LogP contribution in [0.4, 0.5) is 26.3 Å². The van der Waals surface area contributed by atoms with Crippen molar-refractivity contribution in [2.24, 2.45) is 0 Å². The first kappa shape index (κ1) is 20.8. The number of nitrogens with zero attached hydrogens (tertiary/aromatic N) is 3. The van der Waals surface area contributed by atoms with Crippen LogP contribution in [0.5, 0.6) is 0 Å². The van der Waals surface area contributed by atoms with E-state index in [1.54, 1.807) is 0 Å². The van der Waals surface area contributed by atoms with Crippen LogP contribution in [0, 0.1) is 0 Å². The van der Waals surface area contributed by atoms with Crippen molar-refractivity contribution < 1.29 is 26.3 Å². The molecule has 0 radical (unpaired) electrons. The highest BCUT2D eigenvalue weighted by atomic mass is 35.5. The highest BCUT2D eigenvalue weighted by Gasteiger charge is 2.35. The predicted octanol–water partition coefficient (Wildman–Crippen LogP) is 5.78. The maximum atomic E-state index is 12.2. The Bertz CT molecular complexity index is 565. The Morgan fingerprint density at radius 2 is 1.71 bits per heavy atom. The van der Waals surface area contributed by atoms with Gasteiger partial charge in [-0.3, -0.25) is 0 Å². The smallest absolute Gasteiger partial charge is 0.214 e. The van der Waals surface area contributed by atoms with Gasteiger partial charge in [-0.05, 0) is 12.5 Å². The summed E-state index contributed by atoms with van der Waals surface area (Å²) >= 11 is 5.94. The first-order valence-corrected chi connectivity index (χ1v) is 8.23. The Morgan fingerprint density at radius 3 is 2.08 bits per heavy atom. The molecule has 0 aliphatic rings. The van der Waals surface area contributed by atoms with Crippen molar-refractivity contribution in [3.05, 3.63) is 29.0 Å². The van der Waals surface area contributed by atoms with Gasteiger partial charge in [-0.25, -0.2) is 9.67 Å². The van der Waals surface area contributed by atoms with E-state index in [1.165, 1.54) is 19.3 Å². The normalized spacial score (nSPS) is 12.0. The topological polar surface area (TPSA) is 30.7 Å². The van der Waals surface area contributed by atoms with E-state index in [9.17, 15) is 26.3 Å². The molecule has 24 heavy (non-hydrogen) atoms. The molecule has 0 spiro atoms. The van der Waals surface area contributed by atoms with Crippen molar-refractivity contribution in [1.82, 2.24) is 14.8 Å². The summed E-state index contributed by atoms with van der Waals surface area (Å²) in [6.45, 7) is 2.17. The largest absolute Gasteiger partial charge is 0.435 e. The second-order valence-electron chi connectivity index (χ2n) is 4.55. The number of rotatable bonds is 4. The summed E-state index contributed by atoms with van der Waals surface area (Å²) in [7, 11) is 0. The van der Waals surface area contributed by atoms with Crippen molar-refractivity contribution in [2.75, 3.05) is 5.88 Å². The molecule has 11 heteroatoms. The van der Waals surface area contributed by atoms with Crippen molar-refractivity contribution in [2.45, 2.75) is 38.5 Å². The minimum Gasteiger partial charge on any atom is -0.214 e. The third-order valence-corrected chi connectivity index (χ3v) is 3.69. The molecule has 0 amide bonds. The van der Waals surface area contributed by atoms with Crippen molar-refractivity contribution >= 4 is 22.9 Å². The molecule has 136 valence electrons. The van der Waals surface area contributed by atoms with Crippen molar-refractivity contribution in [3.63, 3.8) is 0 Å². The maximum Gasteiger partial charge on any atom is 0.435 e. The number of unbranched alkanes of at least 4 members (excludes halogenated alkanes) is 2. The van der Waals surface area contributed by atoms with Gasteiger partial charge in [0.25, 0.3) is 0 Å². The van der Waals surface area contributed by atoms with E-state index in [0.29, 0.717) is 27.5 Å². The molecule has 2 aromatic rings. The van der Waals surface area contributed by atoms with Crippen LogP contribution in [0.15, 0.2) is 17.6 Å². The summed E-state index contributed by atoms with van der Waals surface area (Å²) in [5.74, 6) is 0.827. The molecule has 0 N–H and O–H groups in total. The lowest BCUT2D eigenvalue weighted by atomic mass is 10.3. The van der Waals surface area contributed by atoms with E-state index >= 15 is 0 Å². The highest BCUT2D eigenvalue weighted by Crippen LogP contribution is 2.32. The molecule has 2 rings (SSSR count). The van der Waals surface area contributed by atoms with E-state index in [1.807, 2.05) is 0 Å². The fourth-order valence-electron chi connectivity index (χ4n) is 1.43. The number of halogens is 7. The molecule has 0 saturated carbocycles. The first-order valence-electron chi connectivity index (χ1n) is 6.81. The number of hydrogen-bond donors (Lipinski definition) is 0. The van der Waals surface area contributed by atoms with Gasteiger partial charge in [0.2, 0.25) is 5.13 Å². The van der Waals surface area contributed by atoms with E-state index in [-0.39, 0.29) is 5.13 Å². The van der Waals surface area contributed by atoms with Gasteiger partial charge >= 0.3 is 12.4 Å². The summed E-state index contributed by atoms with van der Waals surface area (Å²) in [5, 5.41) is 3.55. The zero-order valence-corrected chi connectivity index (χ0v) is 14.0. The second kappa shape index (κ2) is 8.70. The van der Waals surface area contributed by atoms with Crippen LogP contribution in [0.25, 0.3) is 5.13 Å². The van der Waals surface area contributed by atoms with Gasteiger partial charge in [0.15, 0.2) is 11.4 Å². The molecule has 0 saturated heterocycles. The van der Waals surface area contributed by atoms with Crippen LogP contribution < -0.4 is 0 Å². The monoisotopic (exact) mass is 393 g/mol. The molecule has 0 aromatic carbocycles. The number of aromatic nitrogens is 3. The minimum absolute atomic E-state index is 0.280. The van der Waals surface area contributed by atoms with Crippen LogP contribution >= 0.6 is 22.9 Å². The van der Waals surface area contributed by atoms with Crippen LogP contribution in [0.3, 0.4) is 0 Å². The lowest BCUT2D eigenvalue weighted by molar-refractivity contribution is -0.142. The van der Waals surface area contributed by atoms with E-state index < -0.39 is 23.7 Å². The van der Waals surface area contributed by atoms with Gasteiger partial charge in [0.05, 0.1) is 0 Å². The lowest BCUT2D eigenvalue weighted by Gasteiger charge is -2.01. The molecule has 0 unspecified atom stereocenters. The standard InChI is InChI=1S/C8H3F6N3S.C5H11Cl/c9-7(10,11)4-1-2-17(16-4)6-15-5(3-18-6)8(12,13)14;1-2-3-4-5-6/h1-3H;2-5H2,1H3. The molecule has 3 nitrogen and oxygen atoms in total. The summed E-state index contributed by atoms with van der Waals surface area (Å²) in [5.41, 5.74) is -2.35. The van der Waals surface area contributed by atoms with Crippen LogP contribution in [0.2, 0.25) is 0 Å². The Balaban J connectivity index is 0.000000413. The lowest BCUT2D eigenvalue weighted by Crippen LogP contribution is -2.08. The molecule has 0 fully saturated rings. The molecule has 0 bridgehead atoms. The minimum atomic E-state index is -4.64. The second-order valence-corrected chi connectivity index (χ2v) is 5.77. The van der Waals surface area contributed by atoms with E-state index in [4.69, 9.17) is 11.6 Å². The predicted molar refractivity (Wildman–Crippen MR) is 79.5 cm³/mol. The molecule has 2 aromatic heterocycles. The van der Waals surface area contributed by atoms with Crippen molar-refractivity contribution in [3.8, 4) is 5.13 Å². The van der Waals surface area contributed by atoms with Gasteiger partial charge in [-0.15, -0.1) is 22.9 Å². The molecule has 0 atom stereocenters. The third-order valence-electron chi connectivity index (χ3n) is 2.60. The molecular formula is C13H14ClF6N3S. The SMILES string of the molecule is CCCCCCl.FC(F)(F)c1csc(-n2ccc(C(F)(F)F)n2)n1. The number of hydrogen-bond acceptors (Lipinski definition) is 3. The zero-order chi connectivity index (χ0) is 18.4. The van der Waals surface area contributed by atoms with E-state index in [0.717, 1.165) is 12.1 Å². The third kappa shape index (κ3) is 6.31. The average Bonchev–Trinajstić information content (AvgIpc) is 3.12. The number of thiazole rings is 1.